The molecule has 1 aromatic rings. The highest BCUT2D eigenvalue weighted by atomic mass is 16.6. The molecule has 0 aliphatic rings. The average molecular weight is 296 g/mol. The van der Waals surface area contributed by atoms with Crippen molar-refractivity contribution < 1.29 is 13.9 Å². The molecule has 0 aliphatic carbocycles. The van der Waals surface area contributed by atoms with E-state index in [1.165, 1.54) is 0 Å². The number of carbonyl (C=O) groups excluding carboxylic acids is 1. The van der Waals surface area contributed by atoms with Crippen molar-refractivity contribution in [1.29, 1.82) is 0 Å². The van der Waals surface area contributed by atoms with Crippen LogP contribution in [-0.4, -0.2) is 36.1 Å². The Bertz CT molecular complexity index is 495. The van der Waals surface area contributed by atoms with Gasteiger partial charge in [0.2, 0.25) is 5.89 Å². The minimum Gasteiger partial charge on any atom is -0.459 e. The molecule has 0 saturated heterocycles. The highest BCUT2D eigenvalue weighted by Gasteiger charge is 2.16. The van der Waals surface area contributed by atoms with Gasteiger partial charge in [-0.15, -0.1) is 0 Å². The lowest BCUT2D eigenvalue weighted by molar-refractivity contribution is -0.153. The van der Waals surface area contributed by atoms with Crippen LogP contribution in [0.5, 0.6) is 0 Å². The minimum absolute atomic E-state index is 0.0422. The van der Waals surface area contributed by atoms with Crippen LogP contribution in [0.3, 0.4) is 0 Å². The summed E-state index contributed by atoms with van der Waals surface area (Å²) in [5, 5.41) is 5.90. The molecule has 2 N–H and O–H groups in total. The monoisotopic (exact) mass is 296 g/mol. The van der Waals surface area contributed by atoms with E-state index in [1.54, 1.807) is 7.05 Å². The van der Waals surface area contributed by atoms with Crippen molar-refractivity contribution >= 4 is 11.9 Å². The molecule has 118 valence electrons. The Morgan fingerprint density at radius 2 is 2.00 bits per heavy atom. The fraction of sp³-hybridized carbons (Fsp3) is 0.643. The Labute approximate surface area is 125 Å². The quantitative estimate of drug-likeness (QED) is 0.494. The van der Waals surface area contributed by atoms with Crippen LogP contribution in [0.25, 0.3) is 0 Å². The second-order valence-electron chi connectivity index (χ2n) is 5.61. The standard InChI is InChI=1S/C14H24N4O3/c1-9-10(2)20-11(18-9)7-16-13(15-6)17-8-12(19)21-14(3,4)5/h7-8H2,1-6H3,(H2,15,16,17). The second-order valence-corrected chi connectivity index (χ2v) is 5.61. The number of ether oxygens (including phenoxy) is 1. The predicted octanol–water partition coefficient (Wildman–Crippen LogP) is 1.30. The number of guanidine groups is 1. The molecule has 0 unspecified atom stereocenters. The number of carbonyl (C=O) groups is 1. The zero-order valence-electron chi connectivity index (χ0n) is 13.5. The van der Waals surface area contributed by atoms with Crippen LogP contribution in [-0.2, 0) is 16.1 Å². The highest BCUT2D eigenvalue weighted by molar-refractivity contribution is 5.84. The van der Waals surface area contributed by atoms with Crippen LogP contribution >= 0.6 is 0 Å². The number of aliphatic imine (C=N–C) groups is 1. The number of nitrogens with one attached hydrogen (secondary N) is 2. The number of aryl methyl sites for hydroxylation is 2. The minimum atomic E-state index is -0.497. The van der Waals surface area contributed by atoms with Crippen LogP contribution in [0.15, 0.2) is 9.41 Å². The number of nitrogens with zero attached hydrogens (tertiary/aromatic N) is 2. The van der Waals surface area contributed by atoms with Gasteiger partial charge in [-0.3, -0.25) is 9.79 Å². The van der Waals surface area contributed by atoms with E-state index < -0.39 is 5.60 Å². The van der Waals surface area contributed by atoms with E-state index in [9.17, 15) is 4.79 Å². The number of oxazole rings is 1. The summed E-state index contributed by atoms with van der Waals surface area (Å²) in [6.45, 7) is 9.66. The molecule has 0 saturated carbocycles. The summed E-state index contributed by atoms with van der Waals surface area (Å²) in [5.74, 6) is 1.51. The molecule has 0 bridgehead atoms. The van der Waals surface area contributed by atoms with Gasteiger partial charge < -0.3 is 19.8 Å². The molecule has 1 rings (SSSR count). The third-order valence-electron chi connectivity index (χ3n) is 2.52. The van der Waals surface area contributed by atoms with Crippen LogP contribution in [0.1, 0.15) is 38.1 Å². The van der Waals surface area contributed by atoms with Crippen LogP contribution < -0.4 is 10.6 Å². The highest BCUT2D eigenvalue weighted by Crippen LogP contribution is 2.07. The van der Waals surface area contributed by atoms with Gasteiger partial charge >= 0.3 is 5.97 Å². The average Bonchev–Trinajstić information content (AvgIpc) is 2.67. The first-order chi connectivity index (χ1) is 9.71. The van der Waals surface area contributed by atoms with Crippen LogP contribution in [0, 0.1) is 13.8 Å². The first kappa shape index (κ1) is 17.0. The molecule has 0 amide bonds. The maximum absolute atomic E-state index is 11.6. The Balaban J connectivity index is 2.41. The van der Waals surface area contributed by atoms with Gasteiger partial charge in [0.05, 0.1) is 12.2 Å². The first-order valence-corrected chi connectivity index (χ1v) is 6.80. The van der Waals surface area contributed by atoms with E-state index in [0.29, 0.717) is 18.4 Å². The van der Waals surface area contributed by atoms with E-state index in [0.717, 1.165) is 11.5 Å². The van der Waals surface area contributed by atoms with Crippen molar-refractivity contribution in [2.75, 3.05) is 13.6 Å². The van der Waals surface area contributed by atoms with Crippen molar-refractivity contribution in [2.24, 2.45) is 4.99 Å². The third kappa shape index (κ3) is 6.29. The largest absolute Gasteiger partial charge is 0.459 e. The van der Waals surface area contributed by atoms with E-state index in [1.807, 2.05) is 34.6 Å². The molecule has 0 spiro atoms. The third-order valence-corrected chi connectivity index (χ3v) is 2.52. The van der Waals surface area contributed by atoms with Crippen molar-refractivity contribution in [3.05, 3.63) is 17.3 Å². The van der Waals surface area contributed by atoms with Gasteiger partial charge in [0.15, 0.2) is 5.96 Å². The molecule has 0 radical (unpaired) electrons. The molecule has 21 heavy (non-hydrogen) atoms. The van der Waals surface area contributed by atoms with E-state index in [2.05, 4.69) is 20.6 Å². The smallest absolute Gasteiger partial charge is 0.325 e. The molecule has 7 nitrogen and oxygen atoms in total. The Hall–Kier alpha value is -2.05. The Kier molecular flexibility index (Phi) is 5.75. The zero-order chi connectivity index (χ0) is 16.0. The molecule has 1 aromatic heterocycles. The van der Waals surface area contributed by atoms with Gasteiger partial charge in [-0.25, -0.2) is 4.98 Å². The topological polar surface area (TPSA) is 88.8 Å². The van der Waals surface area contributed by atoms with Crippen molar-refractivity contribution in [3.63, 3.8) is 0 Å². The number of aromatic nitrogens is 1. The molecule has 0 fully saturated rings. The summed E-state index contributed by atoms with van der Waals surface area (Å²) in [7, 11) is 1.62. The number of hydrogen-bond acceptors (Lipinski definition) is 5. The normalized spacial score (nSPS) is 12.2. The lowest BCUT2D eigenvalue weighted by Gasteiger charge is -2.20. The maximum atomic E-state index is 11.6. The van der Waals surface area contributed by atoms with Crippen molar-refractivity contribution in [3.8, 4) is 0 Å². The Morgan fingerprint density at radius 3 is 2.48 bits per heavy atom. The number of hydrogen-bond donors (Lipinski definition) is 2. The van der Waals surface area contributed by atoms with E-state index in [4.69, 9.17) is 9.15 Å². The van der Waals surface area contributed by atoms with Crippen LogP contribution in [0.2, 0.25) is 0 Å². The Morgan fingerprint density at radius 1 is 1.33 bits per heavy atom. The summed E-state index contributed by atoms with van der Waals surface area (Å²) in [6.07, 6.45) is 0. The molecular weight excluding hydrogens is 272 g/mol. The lowest BCUT2D eigenvalue weighted by atomic mass is 10.2. The molecule has 0 aromatic carbocycles. The summed E-state index contributed by atoms with van der Waals surface area (Å²) in [4.78, 5) is 19.9. The predicted molar refractivity (Wildman–Crippen MR) is 80.0 cm³/mol. The summed E-state index contributed by atoms with van der Waals surface area (Å²) in [6, 6.07) is 0. The first-order valence-electron chi connectivity index (χ1n) is 6.80. The van der Waals surface area contributed by atoms with E-state index in [-0.39, 0.29) is 12.5 Å². The fourth-order valence-corrected chi connectivity index (χ4v) is 1.53. The van der Waals surface area contributed by atoms with Gasteiger partial charge in [0, 0.05) is 7.05 Å². The van der Waals surface area contributed by atoms with Crippen LogP contribution in [0.4, 0.5) is 0 Å². The van der Waals surface area contributed by atoms with Gasteiger partial charge in [-0.1, -0.05) is 0 Å². The maximum Gasteiger partial charge on any atom is 0.325 e. The zero-order valence-corrected chi connectivity index (χ0v) is 13.5. The molecule has 1 heterocycles. The SMILES string of the molecule is CN=C(NCC(=O)OC(C)(C)C)NCc1nc(C)c(C)o1. The van der Waals surface area contributed by atoms with Gasteiger partial charge in [0.1, 0.15) is 17.9 Å². The summed E-state index contributed by atoms with van der Waals surface area (Å²) >= 11 is 0. The number of esters is 1. The molecular formula is C14H24N4O3. The van der Waals surface area contributed by atoms with Gasteiger partial charge in [-0.2, -0.15) is 0 Å². The van der Waals surface area contributed by atoms with Crippen molar-refractivity contribution in [1.82, 2.24) is 15.6 Å². The van der Waals surface area contributed by atoms with E-state index >= 15 is 0 Å². The fourth-order valence-electron chi connectivity index (χ4n) is 1.53. The summed E-state index contributed by atoms with van der Waals surface area (Å²) < 4.78 is 10.7. The molecule has 0 aliphatic heterocycles. The number of rotatable bonds is 4. The second kappa shape index (κ2) is 7.10. The van der Waals surface area contributed by atoms with Gasteiger partial charge in [-0.05, 0) is 34.6 Å². The summed E-state index contributed by atoms with van der Waals surface area (Å²) in [5.41, 5.74) is 0.367. The lowest BCUT2D eigenvalue weighted by Crippen LogP contribution is -2.41. The molecule has 7 heteroatoms. The van der Waals surface area contributed by atoms with Crippen molar-refractivity contribution in [2.45, 2.75) is 46.8 Å². The molecule has 0 atom stereocenters. The van der Waals surface area contributed by atoms with Gasteiger partial charge in [0.25, 0.3) is 0 Å².